The van der Waals surface area contributed by atoms with Crippen LogP contribution in [0.2, 0.25) is 5.02 Å². The Morgan fingerprint density at radius 2 is 1.95 bits per heavy atom. The largest absolute Gasteiger partial charge is 0.389 e. The summed E-state index contributed by atoms with van der Waals surface area (Å²) in [6.07, 6.45) is 0.764. The van der Waals surface area contributed by atoms with Gasteiger partial charge in [-0.15, -0.1) is 0 Å². The third-order valence-electron chi connectivity index (χ3n) is 3.10. The van der Waals surface area contributed by atoms with Gasteiger partial charge in [-0.3, -0.25) is 0 Å². The summed E-state index contributed by atoms with van der Waals surface area (Å²) in [6, 6.07) is 12.0. The minimum absolute atomic E-state index is 0.143. The maximum atomic E-state index is 12.9. The Hall–Kier alpha value is -1.65. The first kappa shape index (κ1) is 15.7. The van der Waals surface area contributed by atoms with Gasteiger partial charge in [0.25, 0.3) is 0 Å². The fourth-order valence-corrected chi connectivity index (χ4v) is 2.48. The van der Waals surface area contributed by atoms with Gasteiger partial charge in [0.1, 0.15) is 10.8 Å². The first-order valence-electron chi connectivity index (χ1n) is 6.56. The van der Waals surface area contributed by atoms with Gasteiger partial charge >= 0.3 is 0 Å². The molecule has 0 aliphatic rings. The van der Waals surface area contributed by atoms with Gasteiger partial charge in [-0.1, -0.05) is 36.0 Å². The van der Waals surface area contributed by atoms with Crippen molar-refractivity contribution in [2.24, 2.45) is 5.73 Å². The second-order valence-corrected chi connectivity index (χ2v) is 5.81. The third kappa shape index (κ3) is 4.41. The van der Waals surface area contributed by atoms with Crippen molar-refractivity contribution < 1.29 is 4.39 Å². The van der Waals surface area contributed by atoms with Crippen molar-refractivity contribution in [1.29, 1.82) is 0 Å². The summed E-state index contributed by atoms with van der Waals surface area (Å²) in [5.74, 6) is -0.229. The van der Waals surface area contributed by atoms with Crippen LogP contribution < -0.4 is 11.1 Å². The monoisotopic (exact) mass is 322 g/mol. The lowest BCUT2D eigenvalue weighted by Crippen LogP contribution is -2.21. The number of hydrogen-bond acceptors (Lipinski definition) is 2. The zero-order valence-corrected chi connectivity index (χ0v) is 13.1. The maximum Gasteiger partial charge on any atom is 0.123 e. The predicted octanol–water partition coefficient (Wildman–Crippen LogP) is 4.16. The lowest BCUT2D eigenvalue weighted by Gasteiger charge is -2.18. The highest BCUT2D eigenvalue weighted by Gasteiger charge is 2.10. The van der Waals surface area contributed by atoms with Crippen molar-refractivity contribution in [1.82, 2.24) is 0 Å². The number of benzene rings is 2. The van der Waals surface area contributed by atoms with Crippen molar-refractivity contribution in [3.63, 3.8) is 0 Å². The van der Waals surface area contributed by atoms with E-state index in [1.165, 1.54) is 12.1 Å². The number of hydrogen-bond donors (Lipinski definition) is 2. The van der Waals surface area contributed by atoms with E-state index in [9.17, 15) is 4.39 Å². The minimum Gasteiger partial charge on any atom is -0.389 e. The van der Waals surface area contributed by atoms with Gasteiger partial charge in [-0.25, -0.2) is 4.39 Å². The van der Waals surface area contributed by atoms with E-state index in [1.54, 1.807) is 24.3 Å². The average molecular weight is 323 g/mol. The van der Waals surface area contributed by atoms with E-state index in [0.717, 1.165) is 23.2 Å². The topological polar surface area (TPSA) is 38.0 Å². The number of thiocarbonyl (C=S) groups is 1. The summed E-state index contributed by atoms with van der Waals surface area (Å²) < 4.78 is 12.9. The van der Waals surface area contributed by atoms with E-state index in [2.05, 4.69) is 5.32 Å². The quantitative estimate of drug-likeness (QED) is 0.812. The molecule has 1 unspecified atom stereocenters. The maximum absolute atomic E-state index is 12.9. The molecule has 0 amide bonds. The van der Waals surface area contributed by atoms with Gasteiger partial charge in [-0.05, 0) is 49.2 Å². The molecule has 0 aliphatic carbocycles. The van der Waals surface area contributed by atoms with Crippen molar-refractivity contribution in [2.45, 2.75) is 19.4 Å². The molecule has 2 aromatic carbocycles. The number of nitrogens with one attached hydrogen (secondary N) is 1. The van der Waals surface area contributed by atoms with Crippen molar-refractivity contribution >= 4 is 34.5 Å². The first-order chi connectivity index (χ1) is 9.95. The molecule has 0 radical (unpaired) electrons. The Morgan fingerprint density at radius 1 is 1.29 bits per heavy atom. The fourth-order valence-electron chi connectivity index (χ4n) is 2.14. The van der Waals surface area contributed by atoms with Crippen LogP contribution in [0.15, 0.2) is 42.5 Å². The molecule has 0 saturated heterocycles. The summed E-state index contributed by atoms with van der Waals surface area (Å²) in [5, 5.41) is 3.95. The highest BCUT2D eigenvalue weighted by molar-refractivity contribution is 7.80. The van der Waals surface area contributed by atoms with E-state index in [4.69, 9.17) is 29.6 Å². The summed E-state index contributed by atoms with van der Waals surface area (Å²) in [4.78, 5) is 0.300. The van der Waals surface area contributed by atoms with Gasteiger partial charge in [0.15, 0.2) is 0 Å². The van der Waals surface area contributed by atoms with Crippen LogP contribution >= 0.6 is 23.8 Å². The van der Waals surface area contributed by atoms with Crippen LogP contribution in [-0.4, -0.2) is 11.0 Å². The van der Waals surface area contributed by atoms with Crippen LogP contribution in [0.5, 0.6) is 0 Å². The Balaban J connectivity index is 2.10. The van der Waals surface area contributed by atoms with Gasteiger partial charge in [0.2, 0.25) is 0 Å². The summed E-state index contributed by atoms with van der Waals surface area (Å²) in [5.41, 5.74) is 8.35. The van der Waals surface area contributed by atoms with Crippen LogP contribution in [0.25, 0.3) is 0 Å². The Kier molecular flexibility index (Phi) is 5.15. The van der Waals surface area contributed by atoms with Crippen molar-refractivity contribution in [3.8, 4) is 0 Å². The highest BCUT2D eigenvalue weighted by atomic mass is 35.5. The molecule has 2 aromatic rings. The summed E-state index contributed by atoms with van der Waals surface area (Å²) >= 11 is 11.0. The van der Waals surface area contributed by atoms with Gasteiger partial charge in [0.05, 0.1) is 0 Å². The fraction of sp³-hybridized carbons (Fsp3) is 0.188. The van der Waals surface area contributed by atoms with E-state index in [1.807, 2.05) is 13.0 Å². The molecule has 2 nitrogen and oxygen atoms in total. The second-order valence-electron chi connectivity index (χ2n) is 4.93. The van der Waals surface area contributed by atoms with Crippen LogP contribution in [0.1, 0.15) is 18.1 Å². The van der Waals surface area contributed by atoms with Gasteiger partial charge < -0.3 is 11.1 Å². The number of rotatable bonds is 5. The first-order valence-corrected chi connectivity index (χ1v) is 7.34. The van der Waals surface area contributed by atoms with E-state index in [0.29, 0.717) is 10.0 Å². The predicted molar refractivity (Wildman–Crippen MR) is 90.5 cm³/mol. The molecule has 21 heavy (non-hydrogen) atoms. The van der Waals surface area contributed by atoms with Crippen LogP contribution in [0.3, 0.4) is 0 Å². The molecular formula is C16H16ClFN2S. The van der Waals surface area contributed by atoms with Gasteiger partial charge in [-0.2, -0.15) is 0 Å². The Bertz CT molecular complexity index is 643. The summed E-state index contributed by atoms with van der Waals surface area (Å²) in [6.45, 7) is 2.04. The van der Waals surface area contributed by atoms with Crippen LogP contribution in [-0.2, 0) is 6.42 Å². The van der Waals surface area contributed by atoms with E-state index >= 15 is 0 Å². The van der Waals surface area contributed by atoms with Crippen LogP contribution in [0.4, 0.5) is 10.1 Å². The standard InChI is InChI=1S/C16H16ClFN2S/c1-10(8-11-2-5-13(18)6-3-11)20-15-7-4-12(17)9-14(15)16(19)21/h2-7,9-10,20H,8H2,1H3,(H2,19,21). The zero-order valence-electron chi connectivity index (χ0n) is 11.6. The number of anilines is 1. The van der Waals surface area contributed by atoms with E-state index in [-0.39, 0.29) is 11.9 Å². The normalized spacial score (nSPS) is 12.0. The molecule has 0 heterocycles. The number of nitrogens with two attached hydrogens (primary N) is 1. The van der Waals surface area contributed by atoms with E-state index < -0.39 is 0 Å². The minimum atomic E-state index is -0.229. The lowest BCUT2D eigenvalue weighted by molar-refractivity contribution is 0.626. The Morgan fingerprint density at radius 3 is 2.57 bits per heavy atom. The van der Waals surface area contributed by atoms with Crippen molar-refractivity contribution in [3.05, 3.63) is 64.4 Å². The molecule has 0 spiro atoms. The molecule has 0 saturated carbocycles. The smallest absolute Gasteiger partial charge is 0.123 e. The molecule has 110 valence electrons. The number of halogens is 2. The average Bonchev–Trinajstić information content (AvgIpc) is 2.43. The van der Waals surface area contributed by atoms with Crippen molar-refractivity contribution in [2.75, 3.05) is 5.32 Å². The zero-order chi connectivity index (χ0) is 15.4. The molecule has 5 heteroatoms. The molecule has 0 fully saturated rings. The molecule has 0 aromatic heterocycles. The Labute approximate surface area is 134 Å². The van der Waals surface area contributed by atoms with Gasteiger partial charge in [0, 0.05) is 22.3 Å². The highest BCUT2D eigenvalue weighted by Crippen LogP contribution is 2.22. The summed E-state index contributed by atoms with van der Waals surface area (Å²) in [7, 11) is 0. The van der Waals surface area contributed by atoms with Crippen LogP contribution in [0, 0.1) is 5.82 Å². The third-order valence-corrected chi connectivity index (χ3v) is 3.56. The molecule has 1 atom stereocenters. The second kappa shape index (κ2) is 6.87. The molecule has 2 rings (SSSR count). The molecule has 0 bridgehead atoms. The molecular weight excluding hydrogens is 307 g/mol. The SMILES string of the molecule is CC(Cc1ccc(F)cc1)Nc1ccc(Cl)cc1C(N)=S. The molecule has 3 N–H and O–H groups in total. The molecule has 0 aliphatic heterocycles. The lowest BCUT2D eigenvalue weighted by atomic mass is 10.1.